The SMILES string of the molecule is O=C1NC(c2c[nH]c3ccccc23)CC1=C1Nc2ccccc2C1=O. The summed E-state index contributed by atoms with van der Waals surface area (Å²) in [6.07, 6.45) is 2.42. The number of aromatic nitrogens is 1. The summed E-state index contributed by atoms with van der Waals surface area (Å²) < 4.78 is 0. The molecule has 3 heterocycles. The van der Waals surface area contributed by atoms with Crippen molar-refractivity contribution in [2.45, 2.75) is 12.5 Å². The van der Waals surface area contributed by atoms with E-state index in [1.807, 2.05) is 48.7 Å². The van der Waals surface area contributed by atoms with Crippen LogP contribution in [0.5, 0.6) is 0 Å². The smallest absolute Gasteiger partial charge is 0.250 e. The number of ketones is 1. The first-order chi connectivity index (χ1) is 12.2. The third-order valence-electron chi connectivity index (χ3n) is 4.94. The number of fused-ring (bicyclic) bond motifs is 2. The van der Waals surface area contributed by atoms with Crippen LogP contribution in [0.4, 0.5) is 5.69 Å². The van der Waals surface area contributed by atoms with Gasteiger partial charge in [-0.25, -0.2) is 0 Å². The number of hydrogen-bond acceptors (Lipinski definition) is 3. The van der Waals surface area contributed by atoms with Gasteiger partial charge < -0.3 is 15.6 Å². The molecule has 2 aliphatic rings. The second-order valence-corrected chi connectivity index (χ2v) is 6.37. The summed E-state index contributed by atoms with van der Waals surface area (Å²) in [6, 6.07) is 15.2. The molecule has 5 heteroatoms. The van der Waals surface area contributed by atoms with E-state index in [0.717, 1.165) is 22.2 Å². The average molecular weight is 329 g/mol. The van der Waals surface area contributed by atoms with E-state index < -0.39 is 0 Å². The molecule has 25 heavy (non-hydrogen) atoms. The predicted octanol–water partition coefficient (Wildman–Crippen LogP) is 3.29. The van der Waals surface area contributed by atoms with Gasteiger partial charge in [0.25, 0.3) is 0 Å². The van der Waals surface area contributed by atoms with Crippen molar-refractivity contribution in [3.05, 3.63) is 77.1 Å². The van der Waals surface area contributed by atoms with E-state index in [-0.39, 0.29) is 17.7 Å². The average Bonchev–Trinajstić information content (AvgIpc) is 3.31. The number of carbonyl (C=O) groups excluding carboxylic acids is 2. The van der Waals surface area contributed by atoms with Crippen LogP contribution in [0, 0.1) is 0 Å². The fourth-order valence-corrected chi connectivity index (χ4v) is 3.71. The third kappa shape index (κ3) is 2.02. The van der Waals surface area contributed by atoms with Gasteiger partial charge in [-0.2, -0.15) is 0 Å². The van der Waals surface area contributed by atoms with Gasteiger partial charge in [-0.05, 0) is 18.2 Å². The van der Waals surface area contributed by atoms with E-state index in [2.05, 4.69) is 15.6 Å². The van der Waals surface area contributed by atoms with Gasteiger partial charge >= 0.3 is 0 Å². The number of para-hydroxylation sites is 2. The van der Waals surface area contributed by atoms with Crippen molar-refractivity contribution in [3.63, 3.8) is 0 Å². The molecule has 0 spiro atoms. The maximum absolute atomic E-state index is 12.6. The Morgan fingerprint density at radius 1 is 0.960 bits per heavy atom. The Bertz CT molecular complexity index is 1080. The van der Waals surface area contributed by atoms with E-state index in [4.69, 9.17) is 0 Å². The number of carbonyl (C=O) groups is 2. The Labute approximate surface area is 143 Å². The molecule has 1 saturated heterocycles. The topological polar surface area (TPSA) is 74.0 Å². The normalized spacial score (nSPS) is 22.2. The molecule has 0 aliphatic carbocycles. The number of benzene rings is 2. The van der Waals surface area contributed by atoms with Crippen LogP contribution in [0.1, 0.15) is 28.4 Å². The highest BCUT2D eigenvalue weighted by atomic mass is 16.2. The predicted molar refractivity (Wildman–Crippen MR) is 95.2 cm³/mol. The van der Waals surface area contributed by atoms with Crippen LogP contribution in [0.3, 0.4) is 0 Å². The first kappa shape index (κ1) is 14.0. The number of rotatable bonds is 1. The van der Waals surface area contributed by atoms with Gasteiger partial charge in [0, 0.05) is 45.9 Å². The van der Waals surface area contributed by atoms with Crippen LogP contribution in [0.15, 0.2) is 66.0 Å². The molecule has 3 N–H and O–H groups in total. The summed E-state index contributed by atoms with van der Waals surface area (Å²) in [5.41, 5.74) is 4.39. The van der Waals surface area contributed by atoms with E-state index in [9.17, 15) is 9.59 Å². The summed E-state index contributed by atoms with van der Waals surface area (Å²) in [5, 5.41) is 7.23. The minimum absolute atomic E-state index is 0.111. The first-order valence-electron chi connectivity index (χ1n) is 8.23. The van der Waals surface area contributed by atoms with Gasteiger partial charge in [-0.1, -0.05) is 30.3 Å². The largest absolute Gasteiger partial charge is 0.361 e. The fourth-order valence-electron chi connectivity index (χ4n) is 3.71. The maximum Gasteiger partial charge on any atom is 0.250 e. The van der Waals surface area contributed by atoms with Gasteiger partial charge in [0.1, 0.15) is 0 Å². The summed E-state index contributed by atoms with van der Waals surface area (Å²) >= 11 is 0. The number of allylic oxidation sites excluding steroid dienone is 1. The molecular formula is C20H15N3O2. The quantitative estimate of drug-likeness (QED) is 0.600. The van der Waals surface area contributed by atoms with Crippen LogP contribution < -0.4 is 10.6 Å². The molecule has 5 nitrogen and oxygen atoms in total. The zero-order valence-electron chi connectivity index (χ0n) is 13.3. The minimum Gasteiger partial charge on any atom is -0.361 e. The van der Waals surface area contributed by atoms with Crippen LogP contribution >= 0.6 is 0 Å². The molecule has 1 unspecified atom stereocenters. The van der Waals surface area contributed by atoms with E-state index in [1.54, 1.807) is 6.07 Å². The van der Waals surface area contributed by atoms with E-state index >= 15 is 0 Å². The Hall–Kier alpha value is -3.34. The van der Waals surface area contributed by atoms with Gasteiger partial charge in [0.2, 0.25) is 11.7 Å². The van der Waals surface area contributed by atoms with Gasteiger partial charge in [0.15, 0.2) is 0 Å². The number of hydrogen-bond donors (Lipinski definition) is 3. The van der Waals surface area contributed by atoms with Crippen LogP contribution in [0.25, 0.3) is 10.9 Å². The lowest BCUT2D eigenvalue weighted by Crippen LogP contribution is -2.20. The lowest BCUT2D eigenvalue weighted by molar-refractivity contribution is -0.116. The Morgan fingerprint density at radius 3 is 2.64 bits per heavy atom. The zero-order chi connectivity index (χ0) is 17.0. The molecule has 0 bridgehead atoms. The van der Waals surface area contributed by atoms with E-state index in [1.165, 1.54) is 0 Å². The number of aromatic amines is 1. The van der Waals surface area contributed by atoms with Crippen LogP contribution in [-0.2, 0) is 4.79 Å². The van der Waals surface area contributed by atoms with Crippen LogP contribution in [0.2, 0.25) is 0 Å². The molecule has 3 aromatic rings. The molecule has 2 aliphatic heterocycles. The highest BCUT2D eigenvalue weighted by Crippen LogP contribution is 2.37. The minimum atomic E-state index is -0.182. The Morgan fingerprint density at radius 2 is 1.76 bits per heavy atom. The summed E-state index contributed by atoms with van der Waals surface area (Å²) in [7, 11) is 0. The number of anilines is 1. The van der Waals surface area contributed by atoms with Gasteiger partial charge in [0.05, 0.1) is 11.7 Å². The van der Waals surface area contributed by atoms with Crippen molar-refractivity contribution in [2.24, 2.45) is 0 Å². The van der Waals surface area contributed by atoms with Crippen molar-refractivity contribution in [2.75, 3.05) is 5.32 Å². The fraction of sp³-hybridized carbons (Fsp3) is 0.100. The summed E-state index contributed by atoms with van der Waals surface area (Å²) in [6.45, 7) is 0. The zero-order valence-corrected chi connectivity index (χ0v) is 13.3. The number of Topliss-reactive ketones (excluding diaryl/α,β-unsaturated/α-hetero) is 1. The van der Waals surface area contributed by atoms with Crippen molar-refractivity contribution in [1.82, 2.24) is 10.3 Å². The monoisotopic (exact) mass is 329 g/mol. The second-order valence-electron chi connectivity index (χ2n) is 6.37. The molecule has 1 fully saturated rings. The lowest BCUT2D eigenvalue weighted by Gasteiger charge is -2.07. The van der Waals surface area contributed by atoms with Crippen molar-refractivity contribution >= 4 is 28.3 Å². The standard InChI is InChI=1S/C20H15N3O2/c24-19-12-6-2-4-8-16(12)22-18(19)13-9-17(23-20(13)25)14-10-21-15-7-3-1-5-11(14)15/h1-8,10,17,21-22H,9H2,(H,23,25). The highest BCUT2D eigenvalue weighted by Gasteiger charge is 2.36. The van der Waals surface area contributed by atoms with Crippen molar-refractivity contribution in [1.29, 1.82) is 0 Å². The lowest BCUT2D eigenvalue weighted by atomic mass is 10.0. The molecule has 2 aromatic carbocycles. The highest BCUT2D eigenvalue weighted by molar-refractivity contribution is 6.22. The number of amides is 1. The summed E-state index contributed by atoms with van der Waals surface area (Å²) in [5.74, 6) is -0.292. The van der Waals surface area contributed by atoms with Crippen LogP contribution in [-0.4, -0.2) is 16.7 Å². The summed E-state index contributed by atoms with van der Waals surface area (Å²) in [4.78, 5) is 28.4. The van der Waals surface area contributed by atoms with Gasteiger partial charge in [-0.15, -0.1) is 0 Å². The van der Waals surface area contributed by atoms with Crippen molar-refractivity contribution < 1.29 is 9.59 Å². The maximum atomic E-state index is 12.6. The molecule has 0 saturated carbocycles. The third-order valence-corrected chi connectivity index (χ3v) is 4.94. The number of H-pyrrole nitrogens is 1. The van der Waals surface area contributed by atoms with Gasteiger partial charge in [-0.3, -0.25) is 9.59 Å². The molecule has 1 aromatic heterocycles. The van der Waals surface area contributed by atoms with Crippen molar-refractivity contribution in [3.8, 4) is 0 Å². The molecule has 5 rings (SSSR count). The Balaban J connectivity index is 1.54. The molecular weight excluding hydrogens is 314 g/mol. The Kier molecular flexibility index (Phi) is 2.85. The second kappa shape index (κ2) is 5.08. The number of nitrogens with one attached hydrogen (secondary N) is 3. The molecule has 1 atom stereocenters. The molecule has 1 amide bonds. The molecule has 0 radical (unpaired) electrons. The molecule has 122 valence electrons. The first-order valence-corrected chi connectivity index (χ1v) is 8.23. The van der Waals surface area contributed by atoms with E-state index in [0.29, 0.717) is 23.3 Å².